The summed E-state index contributed by atoms with van der Waals surface area (Å²) in [6, 6.07) is 8.63. The van der Waals surface area contributed by atoms with Crippen molar-refractivity contribution in [3.05, 3.63) is 47.9 Å². The van der Waals surface area contributed by atoms with Gasteiger partial charge in [0.2, 0.25) is 0 Å². The minimum Gasteiger partial charge on any atom is -0.339 e. The highest BCUT2D eigenvalue weighted by Crippen LogP contribution is 2.25. The van der Waals surface area contributed by atoms with Gasteiger partial charge in [0.05, 0.1) is 6.33 Å². The summed E-state index contributed by atoms with van der Waals surface area (Å²) in [7, 11) is -1.69. The number of aromatic nitrogens is 2. The zero-order valence-corrected chi connectivity index (χ0v) is 16.0. The fraction of sp³-hybridized carbons (Fsp3) is 0.526. The second-order valence-corrected chi connectivity index (χ2v) is 9.39. The summed E-state index contributed by atoms with van der Waals surface area (Å²) in [6.07, 6.45) is 6.21. The third kappa shape index (κ3) is 3.56. The number of hydrogen-bond donors (Lipinski definition) is 0. The average Bonchev–Trinajstić information content (AvgIpc) is 3.09. The van der Waals surface area contributed by atoms with Crippen molar-refractivity contribution in [1.29, 1.82) is 0 Å². The standard InChI is InChI=1S/C19H26N4O2S/c1-21-14-19(20-15-21)26(24,25)23-9-4-5-16(12-23)11-22-10-8-17-6-2-3-7-18(17)13-22/h2-3,6-7,14-16H,4-5,8-13H2,1H3/t16-/m1/s1. The minimum atomic E-state index is -3.48. The Bertz CT molecular complexity index is 877. The number of benzene rings is 1. The summed E-state index contributed by atoms with van der Waals surface area (Å²) in [5.74, 6) is 0.382. The Balaban J connectivity index is 1.41. The molecular formula is C19H26N4O2S. The smallest absolute Gasteiger partial charge is 0.262 e. The van der Waals surface area contributed by atoms with Crippen molar-refractivity contribution in [2.24, 2.45) is 13.0 Å². The highest BCUT2D eigenvalue weighted by molar-refractivity contribution is 7.89. The molecule has 2 aliphatic rings. The van der Waals surface area contributed by atoms with Gasteiger partial charge in [-0.15, -0.1) is 0 Å². The molecule has 1 aromatic carbocycles. The first-order chi connectivity index (χ1) is 12.5. The number of aryl methyl sites for hydroxylation is 1. The Kier molecular flexibility index (Phi) is 4.86. The van der Waals surface area contributed by atoms with Gasteiger partial charge in [-0.25, -0.2) is 13.4 Å². The van der Waals surface area contributed by atoms with E-state index in [4.69, 9.17) is 0 Å². The van der Waals surface area contributed by atoms with Crippen LogP contribution in [0.2, 0.25) is 0 Å². The molecule has 3 heterocycles. The van der Waals surface area contributed by atoms with Crippen molar-refractivity contribution in [2.75, 3.05) is 26.2 Å². The first-order valence-electron chi connectivity index (χ1n) is 9.29. The van der Waals surface area contributed by atoms with Crippen LogP contribution >= 0.6 is 0 Å². The van der Waals surface area contributed by atoms with Crippen molar-refractivity contribution in [3.63, 3.8) is 0 Å². The van der Waals surface area contributed by atoms with E-state index < -0.39 is 10.0 Å². The lowest BCUT2D eigenvalue weighted by Gasteiger charge is -2.36. The van der Waals surface area contributed by atoms with Crippen molar-refractivity contribution in [2.45, 2.75) is 30.8 Å². The van der Waals surface area contributed by atoms with E-state index in [-0.39, 0.29) is 5.03 Å². The van der Waals surface area contributed by atoms with Crippen LogP contribution in [0.15, 0.2) is 41.8 Å². The maximum atomic E-state index is 12.8. The molecule has 0 bridgehead atoms. The number of fused-ring (bicyclic) bond motifs is 1. The van der Waals surface area contributed by atoms with Gasteiger partial charge in [-0.1, -0.05) is 24.3 Å². The summed E-state index contributed by atoms with van der Waals surface area (Å²) in [6.45, 7) is 4.18. The molecule has 26 heavy (non-hydrogen) atoms. The summed E-state index contributed by atoms with van der Waals surface area (Å²) in [5.41, 5.74) is 2.86. The molecular weight excluding hydrogens is 348 g/mol. The molecule has 0 N–H and O–H groups in total. The number of nitrogens with zero attached hydrogens (tertiary/aromatic N) is 4. The third-order valence-electron chi connectivity index (χ3n) is 5.49. The van der Waals surface area contributed by atoms with E-state index in [0.717, 1.165) is 38.9 Å². The topological polar surface area (TPSA) is 58.4 Å². The Morgan fingerprint density at radius 1 is 1.19 bits per heavy atom. The van der Waals surface area contributed by atoms with Crippen LogP contribution in [0.4, 0.5) is 0 Å². The predicted octanol–water partition coefficient (Wildman–Crippen LogP) is 1.88. The Morgan fingerprint density at radius 2 is 2.00 bits per heavy atom. The molecule has 6 nitrogen and oxygen atoms in total. The highest BCUT2D eigenvalue weighted by atomic mass is 32.2. The van der Waals surface area contributed by atoms with E-state index in [0.29, 0.717) is 19.0 Å². The van der Waals surface area contributed by atoms with Crippen molar-refractivity contribution >= 4 is 10.0 Å². The number of hydrogen-bond acceptors (Lipinski definition) is 4. The molecule has 0 spiro atoms. The summed E-state index contributed by atoms with van der Waals surface area (Å²) >= 11 is 0. The van der Waals surface area contributed by atoms with Gasteiger partial charge < -0.3 is 4.57 Å². The summed E-state index contributed by atoms with van der Waals surface area (Å²) < 4.78 is 29.0. The van der Waals surface area contributed by atoms with Gasteiger partial charge in [0.15, 0.2) is 5.03 Å². The number of piperidine rings is 1. The molecule has 0 amide bonds. The molecule has 4 rings (SSSR count). The van der Waals surface area contributed by atoms with Gasteiger partial charge in [0, 0.05) is 46.0 Å². The van der Waals surface area contributed by atoms with E-state index in [2.05, 4.69) is 34.1 Å². The van der Waals surface area contributed by atoms with Crippen molar-refractivity contribution in [1.82, 2.24) is 18.8 Å². The molecule has 7 heteroatoms. The average molecular weight is 375 g/mol. The van der Waals surface area contributed by atoms with E-state index in [1.54, 1.807) is 28.4 Å². The van der Waals surface area contributed by atoms with E-state index in [9.17, 15) is 8.42 Å². The van der Waals surface area contributed by atoms with Crippen LogP contribution in [0.25, 0.3) is 0 Å². The molecule has 0 radical (unpaired) electrons. The fourth-order valence-electron chi connectivity index (χ4n) is 4.12. The first-order valence-corrected chi connectivity index (χ1v) is 10.7. The van der Waals surface area contributed by atoms with Crippen LogP contribution in [-0.2, 0) is 30.0 Å². The SMILES string of the molecule is Cn1cnc(S(=O)(=O)N2CCC[C@H](CN3CCc4ccccc4C3)C2)c1. The van der Waals surface area contributed by atoms with Crippen LogP contribution in [0.5, 0.6) is 0 Å². The molecule has 1 atom stereocenters. The van der Waals surface area contributed by atoms with Crippen LogP contribution in [0.1, 0.15) is 24.0 Å². The molecule has 1 aromatic heterocycles. The van der Waals surface area contributed by atoms with E-state index in [1.165, 1.54) is 11.1 Å². The maximum Gasteiger partial charge on any atom is 0.262 e. The van der Waals surface area contributed by atoms with Gasteiger partial charge in [0.1, 0.15) is 0 Å². The van der Waals surface area contributed by atoms with Crippen LogP contribution in [0, 0.1) is 5.92 Å². The molecule has 2 aromatic rings. The Hall–Kier alpha value is -1.70. The largest absolute Gasteiger partial charge is 0.339 e. The number of sulfonamides is 1. The Labute approximate surface area is 155 Å². The summed E-state index contributed by atoms with van der Waals surface area (Å²) in [5, 5.41) is 0.160. The first kappa shape index (κ1) is 17.7. The molecule has 2 aliphatic heterocycles. The van der Waals surface area contributed by atoms with Gasteiger partial charge in [-0.3, -0.25) is 4.90 Å². The molecule has 0 saturated carbocycles. The highest BCUT2D eigenvalue weighted by Gasteiger charge is 2.32. The van der Waals surface area contributed by atoms with Gasteiger partial charge in [0.25, 0.3) is 10.0 Å². The number of imidazole rings is 1. The van der Waals surface area contributed by atoms with Crippen LogP contribution in [-0.4, -0.2) is 53.4 Å². The second-order valence-electron chi connectivity index (χ2n) is 7.50. The zero-order chi connectivity index (χ0) is 18.1. The lowest BCUT2D eigenvalue weighted by Crippen LogP contribution is -2.44. The van der Waals surface area contributed by atoms with E-state index >= 15 is 0 Å². The molecule has 1 fully saturated rings. The van der Waals surface area contributed by atoms with Gasteiger partial charge in [-0.05, 0) is 36.3 Å². The molecule has 0 unspecified atom stereocenters. The summed E-state index contributed by atoms with van der Waals surface area (Å²) in [4.78, 5) is 6.53. The molecule has 140 valence electrons. The quantitative estimate of drug-likeness (QED) is 0.820. The number of rotatable bonds is 4. The zero-order valence-electron chi connectivity index (χ0n) is 15.2. The predicted molar refractivity (Wildman–Crippen MR) is 100 cm³/mol. The van der Waals surface area contributed by atoms with Crippen molar-refractivity contribution in [3.8, 4) is 0 Å². The minimum absolute atomic E-state index is 0.160. The normalized spacial score (nSPS) is 22.3. The fourth-order valence-corrected chi connectivity index (χ4v) is 5.64. The Morgan fingerprint density at radius 3 is 2.77 bits per heavy atom. The lowest BCUT2D eigenvalue weighted by atomic mass is 9.95. The maximum absolute atomic E-state index is 12.8. The van der Waals surface area contributed by atoms with Gasteiger partial charge >= 0.3 is 0 Å². The van der Waals surface area contributed by atoms with Gasteiger partial charge in [-0.2, -0.15) is 4.31 Å². The van der Waals surface area contributed by atoms with Crippen LogP contribution < -0.4 is 0 Å². The third-order valence-corrected chi connectivity index (χ3v) is 7.24. The monoisotopic (exact) mass is 374 g/mol. The second kappa shape index (κ2) is 7.13. The lowest BCUT2D eigenvalue weighted by molar-refractivity contribution is 0.167. The van der Waals surface area contributed by atoms with Crippen molar-refractivity contribution < 1.29 is 8.42 Å². The van der Waals surface area contributed by atoms with Crippen LogP contribution in [0.3, 0.4) is 0 Å². The molecule has 0 aliphatic carbocycles. The van der Waals surface area contributed by atoms with E-state index in [1.807, 2.05) is 0 Å². The molecule has 1 saturated heterocycles.